The smallest absolute Gasteiger partial charge is 0.160 e. The molecule has 0 aliphatic heterocycles. The van der Waals surface area contributed by atoms with Crippen LogP contribution in [0.4, 0.5) is 20.2 Å². The summed E-state index contributed by atoms with van der Waals surface area (Å²) in [6.07, 6.45) is 0. The molecule has 1 N–H and O–H groups in total. The van der Waals surface area contributed by atoms with E-state index in [9.17, 15) is 8.78 Å². The van der Waals surface area contributed by atoms with E-state index in [2.05, 4.69) is 5.32 Å². The van der Waals surface area contributed by atoms with Crippen molar-refractivity contribution in [3.05, 3.63) is 59.7 Å². The topological polar surface area (TPSA) is 35.8 Å². The predicted octanol–water partition coefficient (Wildman–Crippen LogP) is 3.58. The first kappa shape index (κ1) is 11.1. The highest BCUT2D eigenvalue weighted by Crippen LogP contribution is 2.21. The molecule has 0 aliphatic rings. The minimum absolute atomic E-state index is 0.395. The average Bonchev–Trinajstić information content (AvgIpc) is 2.34. The maximum absolute atomic E-state index is 13.0. The largest absolute Gasteiger partial charge is 0.354 e. The summed E-state index contributed by atoms with van der Waals surface area (Å²) in [6.45, 7) is 0. The molecule has 0 saturated carbocycles. The standard InChI is InChI=1S/C13H8F2N2/c14-11-6-5-10(7-12(11)15)17-13-4-2-1-3-9(13)8-16/h1-7,17H. The van der Waals surface area contributed by atoms with Crippen LogP contribution in [0.15, 0.2) is 42.5 Å². The normalized spacial score (nSPS) is 9.71. The Kier molecular flexibility index (Phi) is 3.01. The van der Waals surface area contributed by atoms with Gasteiger partial charge in [0.2, 0.25) is 0 Å². The molecule has 0 radical (unpaired) electrons. The predicted molar refractivity (Wildman–Crippen MR) is 60.8 cm³/mol. The van der Waals surface area contributed by atoms with Gasteiger partial charge in [0, 0.05) is 11.8 Å². The Morgan fingerprint density at radius 3 is 2.47 bits per heavy atom. The second-order valence-corrected chi connectivity index (χ2v) is 3.41. The van der Waals surface area contributed by atoms with Crippen LogP contribution in [0.3, 0.4) is 0 Å². The molecule has 0 aliphatic carbocycles. The Bertz CT molecular complexity index is 588. The third-order valence-electron chi connectivity index (χ3n) is 2.25. The van der Waals surface area contributed by atoms with Crippen LogP contribution in [0, 0.1) is 23.0 Å². The van der Waals surface area contributed by atoms with Crippen molar-refractivity contribution in [2.75, 3.05) is 5.32 Å². The molecule has 2 aromatic carbocycles. The lowest BCUT2D eigenvalue weighted by atomic mass is 10.2. The van der Waals surface area contributed by atoms with Crippen molar-refractivity contribution in [1.82, 2.24) is 0 Å². The molecule has 4 heteroatoms. The Labute approximate surface area is 97.1 Å². The minimum Gasteiger partial charge on any atom is -0.354 e. The third-order valence-corrected chi connectivity index (χ3v) is 2.25. The number of rotatable bonds is 2. The maximum atomic E-state index is 13.0. The van der Waals surface area contributed by atoms with Gasteiger partial charge >= 0.3 is 0 Å². The number of anilines is 2. The molecule has 0 spiro atoms. The van der Waals surface area contributed by atoms with E-state index in [0.29, 0.717) is 16.9 Å². The lowest BCUT2D eigenvalue weighted by molar-refractivity contribution is 0.509. The Morgan fingerprint density at radius 1 is 1.00 bits per heavy atom. The van der Waals surface area contributed by atoms with Crippen LogP contribution in [0.5, 0.6) is 0 Å². The molecule has 0 heterocycles. The van der Waals surface area contributed by atoms with Gasteiger partial charge in [-0.3, -0.25) is 0 Å². The lowest BCUT2D eigenvalue weighted by Gasteiger charge is -2.08. The number of hydrogen-bond donors (Lipinski definition) is 1. The van der Waals surface area contributed by atoms with Crippen LogP contribution in [0.1, 0.15) is 5.56 Å². The molecule has 2 rings (SSSR count). The SMILES string of the molecule is N#Cc1ccccc1Nc1ccc(F)c(F)c1. The van der Waals surface area contributed by atoms with Crippen molar-refractivity contribution in [2.45, 2.75) is 0 Å². The fourth-order valence-corrected chi connectivity index (χ4v) is 1.42. The second-order valence-electron chi connectivity index (χ2n) is 3.41. The highest BCUT2D eigenvalue weighted by molar-refractivity contribution is 5.66. The van der Waals surface area contributed by atoms with Gasteiger partial charge in [-0.2, -0.15) is 5.26 Å². The van der Waals surface area contributed by atoms with Crippen molar-refractivity contribution < 1.29 is 8.78 Å². The Balaban J connectivity index is 2.32. The summed E-state index contributed by atoms with van der Waals surface area (Å²) in [6, 6.07) is 12.3. The number of halogens is 2. The van der Waals surface area contributed by atoms with Gasteiger partial charge in [-0.1, -0.05) is 12.1 Å². The van der Waals surface area contributed by atoms with Crippen molar-refractivity contribution in [3.63, 3.8) is 0 Å². The molecule has 84 valence electrons. The van der Waals surface area contributed by atoms with E-state index in [-0.39, 0.29) is 0 Å². The van der Waals surface area contributed by atoms with E-state index in [1.807, 2.05) is 6.07 Å². The summed E-state index contributed by atoms with van der Waals surface area (Å²) < 4.78 is 25.7. The second kappa shape index (κ2) is 4.62. The monoisotopic (exact) mass is 230 g/mol. The van der Waals surface area contributed by atoms with Crippen LogP contribution in [-0.2, 0) is 0 Å². The molecule has 17 heavy (non-hydrogen) atoms. The molecule has 0 atom stereocenters. The fourth-order valence-electron chi connectivity index (χ4n) is 1.42. The van der Waals surface area contributed by atoms with Crippen LogP contribution < -0.4 is 5.32 Å². The van der Waals surface area contributed by atoms with Gasteiger partial charge in [0.1, 0.15) is 6.07 Å². The molecular formula is C13H8F2N2. The Morgan fingerprint density at radius 2 is 1.76 bits per heavy atom. The van der Waals surface area contributed by atoms with Gasteiger partial charge in [-0.15, -0.1) is 0 Å². The number of nitrogens with one attached hydrogen (secondary N) is 1. The van der Waals surface area contributed by atoms with Crippen LogP contribution in [-0.4, -0.2) is 0 Å². The van der Waals surface area contributed by atoms with E-state index in [1.54, 1.807) is 24.3 Å². The molecule has 0 fully saturated rings. The van der Waals surface area contributed by atoms with E-state index >= 15 is 0 Å². The van der Waals surface area contributed by atoms with E-state index < -0.39 is 11.6 Å². The minimum atomic E-state index is -0.926. The van der Waals surface area contributed by atoms with Crippen LogP contribution in [0.25, 0.3) is 0 Å². The van der Waals surface area contributed by atoms with Gasteiger partial charge in [0.15, 0.2) is 11.6 Å². The molecule has 2 aromatic rings. The number of benzene rings is 2. The molecule has 0 amide bonds. The number of para-hydroxylation sites is 1. The van der Waals surface area contributed by atoms with Crippen molar-refractivity contribution in [3.8, 4) is 6.07 Å². The van der Waals surface area contributed by atoms with Gasteiger partial charge in [0.25, 0.3) is 0 Å². The first-order valence-electron chi connectivity index (χ1n) is 4.92. The zero-order valence-corrected chi connectivity index (χ0v) is 8.74. The molecule has 0 unspecified atom stereocenters. The molecular weight excluding hydrogens is 222 g/mol. The summed E-state index contributed by atoms with van der Waals surface area (Å²) in [5, 5.41) is 11.7. The van der Waals surface area contributed by atoms with E-state index in [1.165, 1.54) is 6.07 Å². The summed E-state index contributed by atoms with van der Waals surface area (Å²) in [5.74, 6) is -1.83. The van der Waals surface area contributed by atoms with Crippen molar-refractivity contribution in [2.24, 2.45) is 0 Å². The summed E-state index contributed by atoms with van der Waals surface area (Å²) >= 11 is 0. The van der Waals surface area contributed by atoms with Crippen molar-refractivity contribution >= 4 is 11.4 Å². The molecule has 2 nitrogen and oxygen atoms in total. The highest BCUT2D eigenvalue weighted by atomic mass is 19.2. The average molecular weight is 230 g/mol. The molecule has 0 saturated heterocycles. The first-order chi connectivity index (χ1) is 8.20. The number of nitrogens with zero attached hydrogens (tertiary/aromatic N) is 1. The van der Waals surface area contributed by atoms with Gasteiger partial charge < -0.3 is 5.32 Å². The first-order valence-corrected chi connectivity index (χ1v) is 4.92. The van der Waals surface area contributed by atoms with Crippen LogP contribution in [0.2, 0.25) is 0 Å². The zero-order chi connectivity index (χ0) is 12.3. The van der Waals surface area contributed by atoms with Crippen molar-refractivity contribution in [1.29, 1.82) is 5.26 Å². The number of nitriles is 1. The Hall–Kier alpha value is -2.41. The van der Waals surface area contributed by atoms with Gasteiger partial charge in [0.05, 0.1) is 11.3 Å². The maximum Gasteiger partial charge on any atom is 0.160 e. The summed E-state index contributed by atoms with van der Waals surface area (Å²) in [7, 11) is 0. The summed E-state index contributed by atoms with van der Waals surface area (Å²) in [4.78, 5) is 0. The fraction of sp³-hybridized carbons (Fsp3) is 0. The van der Waals surface area contributed by atoms with Crippen LogP contribution >= 0.6 is 0 Å². The van der Waals surface area contributed by atoms with E-state index in [4.69, 9.17) is 5.26 Å². The lowest BCUT2D eigenvalue weighted by Crippen LogP contribution is -1.94. The van der Waals surface area contributed by atoms with E-state index in [0.717, 1.165) is 12.1 Å². The highest BCUT2D eigenvalue weighted by Gasteiger charge is 2.04. The van der Waals surface area contributed by atoms with Gasteiger partial charge in [-0.25, -0.2) is 8.78 Å². The molecule has 0 aromatic heterocycles. The zero-order valence-electron chi connectivity index (χ0n) is 8.74. The quantitative estimate of drug-likeness (QED) is 0.855. The van der Waals surface area contributed by atoms with Gasteiger partial charge in [-0.05, 0) is 24.3 Å². The molecule has 0 bridgehead atoms. The number of hydrogen-bond acceptors (Lipinski definition) is 2. The summed E-state index contributed by atoms with van der Waals surface area (Å²) in [5.41, 5.74) is 1.39. The third kappa shape index (κ3) is 2.40.